The van der Waals surface area contributed by atoms with Crippen LogP contribution in [-0.2, 0) is 16.2 Å². The minimum atomic E-state index is -0.876. The fraction of sp³-hybridized carbons (Fsp3) is 0.300. The van der Waals surface area contributed by atoms with Gasteiger partial charge in [0.25, 0.3) is 5.09 Å². The van der Waals surface area contributed by atoms with Crippen molar-refractivity contribution in [2.45, 2.75) is 18.4 Å². The highest BCUT2D eigenvalue weighted by Crippen LogP contribution is 2.15. The van der Waals surface area contributed by atoms with Crippen LogP contribution in [0.5, 0.6) is 5.75 Å². The van der Waals surface area contributed by atoms with Crippen LogP contribution >= 0.6 is 15.9 Å². The molecule has 92 valence electrons. The summed E-state index contributed by atoms with van der Waals surface area (Å²) in [5.41, 5.74) is 0.550. The second-order valence-electron chi connectivity index (χ2n) is 3.18. The van der Waals surface area contributed by atoms with Crippen LogP contribution in [0.3, 0.4) is 0 Å². The Hall–Kier alpha value is -1.63. The molecule has 1 aromatic carbocycles. The van der Waals surface area contributed by atoms with Crippen LogP contribution in [-0.4, -0.2) is 15.9 Å². The van der Waals surface area contributed by atoms with Crippen LogP contribution in [0.1, 0.15) is 12.5 Å². The number of esters is 1. The Bertz CT molecular complexity index is 421. The number of nitrogens with zero attached hydrogens (tertiary/aromatic N) is 1. The van der Waals surface area contributed by atoms with Crippen molar-refractivity contribution in [3.8, 4) is 5.75 Å². The van der Waals surface area contributed by atoms with Crippen LogP contribution in [0, 0.1) is 10.1 Å². The average Bonchev–Trinajstić information content (AvgIpc) is 2.26. The molecule has 1 atom stereocenters. The summed E-state index contributed by atoms with van der Waals surface area (Å²) in [5.74, 6) is -0.108. The Morgan fingerprint density at radius 1 is 1.59 bits per heavy atom. The Morgan fingerprint density at radius 3 is 2.88 bits per heavy atom. The molecule has 0 aromatic heterocycles. The SMILES string of the molecule is CC(Br)C(=O)Oc1cccc(CO[N+](=O)[O-])c1. The van der Waals surface area contributed by atoms with Gasteiger partial charge in [-0.15, -0.1) is 10.1 Å². The first kappa shape index (κ1) is 13.4. The minimum absolute atomic E-state index is 0.178. The van der Waals surface area contributed by atoms with Gasteiger partial charge in [-0.3, -0.25) is 4.79 Å². The van der Waals surface area contributed by atoms with Gasteiger partial charge in [0.2, 0.25) is 0 Å². The molecule has 0 saturated carbocycles. The van der Waals surface area contributed by atoms with Crippen LogP contribution in [0.2, 0.25) is 0 Å². The number of hydrogen-bond acceptors (Lipinski definition) is 5. The molecule has 1 aromatic rings. The summed E-state index contributed by atoms with van der Waals surface area (Å²) in [6, 6.07) is 6.36. The molecule has 0 heterocycles. The van der Waals surface area contributed by atoms with Crippen molar-refractivity contribution >= 4 is 21.9 Å². The molecule has 0 saturated heterocycles. The van der Waals surface area contributed by atoms with Gasteiger partial charge in [0.05, 0.1) is 0 Å². The number of halogens is 1. The highest BCUT2D eigenvalue weighted by atomic mass is 79.9. The van der Waals surface area contributed by atoms with Gasteiger partial charge in [0.15, 0.2) is 0 Å². The topological polar surface area (TPSA) is 78.7 Å². The number of carbonyl (C=O) groups is 1. The normalized spacial score (nSPS) is 11.6. The lowest BCUT2D eigenvalue weighted by atomic mass is 10.2. The van der Waals surface area contributed by atoms with Crippen LogP contribution in [0.15, 0.2) is 24.3 Å². The summed E-state index contributed by atoms with van der Waals surface area (Å²) in [6.07, 6.45) is 0. The standard InChI is InChI=1S/C10H10BrNO5/c1-7(11)10(13)17-9-4-2-3-8(5-9)6-16-12(14)15/h2-5,7H,6H2,1H3. The molecule has 0 fully saturated rings. The van der Waals surface area contributed by atoms with E-state index in [9.17, 15) is 14.9 Å². The zero-order chi connectivity index (χ0) is 12.8. The Balaban J connectivity index is 2.65. The summed E-state index contributed by atoms with van der Waals surface area (Å²) < 4.78 is 5.01. The van der Waals surface area contributed by atoms with Gasteiger partial charge in [0.1, 0.15) is 17.2 Å². The first-order valence-electron chi connectivity index (χ1n) is 4.71. The van der Waals surface area contributed by atoms with E-state index in [1.807, 2.05) is 0 Å². The summed E-state index contributed by atoms with van der Waals surface area (Å²) in [6.45, 7) is 1.46. The second kappa shape index (κ2) is 6.19. The zero-order valence-electron chi connectivity index (χ0n) is 8.96. The number of alkyl halides is 1. The third-order valence-corrected chi connectivity index (χ3v) is 2.15. The number of hydrogen-bond donors (Lipinski definition) is 0. The van der Waals surface area contributed by atoms with E-state index < -0.39 is 15.9 Å². The monoisotopic (exact) mass is 303 g/mol. The molecule has 0 aliphatic rings. The number of rotatable bonds is 5. The molecule has 0 spiro atoms. The van der Waals surface area contributed by atoms with E-state index in [0.717, 1.165) is 0 Å². The van der Waals surface area contributed by atoms with E-state index in [1.54, 1.807) is 25.1 Å². The Labute approximate surface area is 106 Å². The molecule has 0 N–H and O–H groups in total. The van der Waals surface area contributed by atoms with Gasteiger partial charge >= 0.3 is 5.97 Å². The highest BCUT2D eigenvalue weighted by molar-refractivity contribution is 9.10. The molecule has 1 unspecified atom stereocenters. The highest BCUT2D eigenvalue weighted by Gasteiger charge is 2.11. The van der Waals surface area contributed by atoms with Crippen molar-refractivity contribution in [3.05, 3.63) is 39.9 Å². The van der Waals surface area contributed by atoms with E-state index in [-0.39, 0.29) is 6.61 Å². The van der Waals surface area contributed by atoms with E-state index in [2.05, 4.69) is 20.8 Å². The van der Waals surface area contributed by atoms with Crippen molar-refractivity contribution in [3.63, 3.8) is 0 Å². The van der Waals surface area contributed by atoms with Crippen LogP contribution in [0.4, 0.5) is 0 Å². The van der Waals surface area contributed by atoms with Gasteiger partial charge in [0, 0.05) is 0 Å². The molecule has 17 heavy (non-hydrogen) atoms. The van der Waals surface area contributed by atoms with Crippen molar-refractivity contribution < 1.29 is 19.5 Å². The van der Waals surface area contributed by atoms with Gasteiger partial charge in [-0.05, 0) is 24.6 Å². The maximum atomic E-state index is 11.3. The van der Waals surface area contributed by atoms with Crippen LogP contribution < -0.4 is 4.74 Å². The summed E-state index contributed by atoms with van der Waals surface area (Å²) in [4.78, 5) is 25.1. The predicted molar refractivity (Wildman–Crippen MR) is 62.2 cm³/mol. The molecular formula is C10H10BrNO5. The van der Waals surface area contributed by atoms with Crippen molar-refractivity contribution in [1.29, 1.82) is 0 Å². The van der Waals surface area contributed by atoms with E-state index >= 15 is 0 Å². The molecule has 6 nitrogen and oxygen atoms in total. The van der Waals surface area contributed by atoms with Gasteiger partial charge < -0.3 is 9.57 Å². The summed E-state index contributed by atoms with van der Waals surface area (Å²) in [5, 5.41) is 9.14. The fourth-order valence-electron chi connectivity index (χ4n) is 1.02. The fourth-order valence-corrected chi connectivity index (χ4v) is 1.12. The first-order chi connectivity index (χ1) is 7.99. The van der Waals surface area contributed by atoms with Crippen molar-refractivity contribution in [2.75, 3.05) is 0 Å². The number of benzene rings is 1. The largest absolute Gasteiger partial charge is 0.426 e. The maximum Gasteiger partial charge on any atom is 0.324 e. The lowest BCUT2D eigenvalue weighted by molar-refractivity contribution is -0.763. The lowest BCUT2D eigenvalue weighted by Gasteiger charge is -2.07. The maximum absolute atomic E-state index is 11.3. The zero-order valence-corrected chi connectivity index (χ0v) is 10.5. The lowest BCUT2D eigenvalue weighted by Crippen LogP contribution is -2.17. The van der Waals surface area contributed by atoms with Gasteiger partial charge in [-0.1, -0.05) is 28.1 Å². The molecule has 1 rings (SSSR count). The predicted octanol–water partition coefficient (Wildman–Crippen LogP) is 2.08. The number of ether oxygens (including phenoxy) is 1. The molecular weight excluding hydrogens is 294 g/mol. The van der Waals surface area contributed by atoms with Crippen molar-refractivity contribution in [2.24, 2.45) is 0 Å². The average molecular weight is 304 g/mol. The Kier molecular flexibility index (Phi) is 4.89. The molecule has 7 heteroatoms. The first-order valence-corrected chi connectivity index (χ1v) is 5.62. The molecule has 0 amide bonds. The van der Waals surface area contributed by atoms with Crippen molar-refractivity contribution in [1.82, 2.24) is 0 Å². The van der Waals surface area contributed by atoms with Crippen LogP contribution in [0.25, 0.3) is 0 Å². The third-order valence-electron chi connectivity index (χ3n) is 1.78. The quantitative estimate of drug-likeness (QED) is 0.273. The van der Waals surface area contributed by atoms with Gasteiger partial charge in [-0.2, -0.15) is 0 Å². The molecule has 0 bridgehead atoms. The summed E-state index contributed by atoms with van der Waals surface area (Å²) in [7, 11) is 0. The molecule has 0 aliphatic heterocycles. The second-order valence-corrected chi connectivity index (χ2v) is 4.56. The Morgan fingerprint density at radius 2 is 2.29 bits per heavy atom. The summed E-state index contributed by atoms with van der Waals surface area (Å²) >= 11 is 3.08. The minimum Gasteiger partial charge on any atom is -0.426 e. The van der Waals surface area contributed by atoms with E-state index in [0.29, 0.717) is 11.3 Å². The number of carbonyl (C=O) groups excluding carboxylic acids is 1. The smallest absolute Gasteiger partial charge is 0.324 e. The van der Waals surface area contributed by atoms with E-state index in [4.69, 9.17) is 4.74 Å². The third kappa shape index (κ3) is 4.81. The van der Waals surface area contributed by atoms with Gasteiger partial charge in [-0.25, -0.2) is 0 Å². The van der Waals surface area contributed by atoms with E-state index in [1.165, 1.54) is 6.07 Å². The molecule has 0 aliphatic carbocycles. The molecule has 0 radical (unpaired) electrons.